The van der Waals surface area contributed by atoms with E-state index in [0.29, 0.717) is 0 Å². The van der Waals surface area contributed by atoms with E-state index in [4.69, 9.17) is 9.84 Å². The van der Waals surface area contributed by atoms with Crippen LogP contribution in [-0.4, -0.2) is 18.8 Å². The van der Waals surface area contributed by atoms with E-state index in [9.17, 15) is 0 Å². The molecule has 2 nitrogen and oxygen atoms in total. The van der Waals surface area contributed by atoms with E-state index in [1.807, 2.05) is 18.2 Å². The molecule has 1 N–H and O–H groups in total. The molecule has 0 fully saturated rings. The van der Waals surface area contributed by atoms with Gasteiger partial charge in [-0.15, -0.1) is 0 Å². The fourth-order valence-corrected chi connectivity index (χ4v) is 1.59. The number of ether oxygens (including phenoxy) is 1. The second kappa shape index (κ2) is 4.81. The van der Waals surface area contributed by atoms with Crippen molar-refractivity contribution in [1.29, 1.82) is 0 Å². The van der Waals surface area contributed by atoms with Crippen LogP contribution >= 0.6 is 22.6 Å². The molecule has 1 rings (SSSR count). The van der Waals surface area contributed by atoms with Gasteiger partial charge in [-0.3, -0.25) is 0 Å². The number of hydrogen-bond donors (Lipinski definition) is 1. The third kappa shape index (κ3) is 2.57. The van der Waals surface area contributed by atoms with Crippen molar-refractivity contribution in [2.75, 3.05) is 13.7 Å². The average Bonchev–Trinajstić information content (AvgIpc) is 2.17. The lowest BCUT2D eigenvalue weighted by Gasteiger charge is -2.10. The molecule has 0 aliphatic carbocycles. The minimum absolute atomic E-state index is 0.0593. The lowest BCUT2D eigenvalue weighted by molar-refractivity contribution is 0.282. The quantitative estimate of drug-likeness (QED) is 0.865. The Morgan fingerprint density at radius 3 is 2.85 bits per heavy atom. The predicted octanol–water partition coefficient (Wildman–Crippen LogP) is 2.21. The van der Waals surface area contributed by atoms with Gasteiger partial charge in [0.15, 0.2) is 0 Å². The summed E-state index contributed by atoms with van der Waals surface area (Å²) >= 11 is 2.20. The Morgan fingerprint density at radius 1 is 1.62 bits per heavy atom. The van der Waals surface area contributed by atoms with Crippen LogP contribution in [0.15, 0.2) is 18.2 Å². The monoisotopic (exact) mass is 291 g/mol. The zero-order chi connectivity index (χ0) is 9.84. The van der Waals surface area contributed by atoms with Crippen LogP contribution < -0.4 is 4.74 Å². The van der Waals surface area contributed by atoms with Crippen LogP contribution in [0.5, 0.6) is 5.75 Å². The van der Waals surface area contributed by atoms with E-state index in [-0.39, 0.29) is 12.5 Å². The van der Waals surface area contributed by atoms with Crippen molar-refractivity contribution in [2.45, 2.75) is 5.92 Å². The van der Waals surface area contributed by atoms with Gasteiger partial charge in [0.1, 0.15) is 5.75 Å². The van der Waals surface area contributed by atoms with Crippen molar-refractivity contribution in [2.24, 2.45) is 0 Å². The fraction of sp³-hybridized carbons (Fsp3) is 0.300. The predicted molar refractivity (Wildman–Crippen MR) is 60.9 cm³/mol. The lowest BCUT2D eigenvalue weighted by atomic mass is 10.0. The van der Waals surface area contributed by atoms with Crippen molar-refractivity contribution in [3.63, 3.8) is 0 Å². The summed E-state index contributed by atoms with van der Waals surface area (Å²) in [4.78, 5) is 0. The highest BCUT2D eigenvalue weighted by Crippen LogP contribution is 2.25. The van der Waals surface area contributed by atoms with Gasteiger partial charge in [-0.2, -0.15) is 0 Å². The van der Waals surface area contributed by atoms with Crippen LogP contribution in [0, 0.1) is 10.5 Å². The summed E-state index contributed by atoms with van der Waals surface area (Å²) in [5.74, 6) is 0.756. The fourth-order valence-electron chi connectivity index (χ4n) is 1.04. The maximum atomic E-state index is 8.92. The molecule has 1 atom stereocenters. The number of halogens is 1. The molecule has 0 saturated carbocycles. The second-order valence-electron chi connectivity index (χ2n) is 2.77. The van der Waals surface area contributed by atoms with E-state index >= 15 is 0 Å². The van der Waals surface area contributed by atoms with Crippen LogP contribution in [0.2, 0.25) is 0 Å². The summed E-state index contributed by atoms with van der Waals surface area (Å²) in [6.45, 7) is 3.88. The first-order valence-electron chi connectivity index (χ1n) is 3.96. The molecule has 0 amide bonds. The topological polar surface area (TPSA) is 29.5 Å². The average molecular weight is 291 g/mol. The van der Waals surface area contributed by atoms with Crippen LogP contribution in [-0.2, 0) is 0 Å². The van der Waals surface area contributed by atoms with E-state index in [1.54, 1.807) is 7.11 Å². The first-order valence-corrected chi connectivity index (χ1v) is 5.04. The third-order valence-electron chi connectivity index (χ3n) is 1.87. The van der Waals surface area contributed by atoms with Gasteiger partial charge in [0, 0.05) is 12.5 Å². The Morgan fingerprint density at radius 2 is 2.31 bits per heavy atom. The van der Waals surface area contributed by atoms with Crippen LogP contribution in [0.1, 0.15) is 11.5 Å². The summed E-state index contributed by atoms with van der Waals surface area (Å²) in [7, 11) is 1.64. The highest BCUT2D eigenvalue weighted by atomic mass is 127. The molecule has 0 aliphatic heterocycles. The maximum Gasteiger partial charge on any atom is 0.132 e. The van der Waals surface area contributed by atoms with E-state index in [2.05, 4.69) is 29.5 Å². The molecule has 0 aliphatic rings. The number of hydrogen-bond acceptors (Lipinski definition) is 2. The van der Waals surface area contributed by atoms with Crippen LogP contribution in [0.3, 0.4) is 0 Å². The van der Waals surface area contributed by atoms with Gasteiger partial charge in [0.2, 0.25) is 0 Å². The Balaban J connectivity index is 2.99. The normalized spacial score (nSPS) is 12.6. The van der Waals surface area contributed by atoms with Gasteiger partial charge in [-0.1, -0.05) is 6.07 Å². The maximum absolute atomic E-state index is 8.92. The van der Waals surface area contributed by atoms with Crippen molar-refractivity contribution in [1.82, 2.24) is 0 Å². The van der Waals surface area contributed by atoms with Gasteiger partial charge in [-0.05, 0) is 47.2 Å². The highest BCUT2D eigenvalue weighted by Gasteiger charge is 2.07. The summed E-state index contributed by atoms with van der Waals surface area (Å²) in [6.07, 6.45) is 0. The van der Waals surface area contributed by atoms with E-state index in [1.165, 1.54) is 0 Å². The Bertz CT molecular complexity index is 286. The van der Waals surface area contributed by atoms with Crippen molar-refractivity contribution in [3.8, 4) is 5.75 Å². The molecular formula is C10H12IO2. The minimum Gasteiger partial charge on any atom is -0.496 e. The molecule has 0 saturated heterocycles. The molecule has 1 aromatic carbocycles. The van der Waals surface area contributed by atoms with Gasteiger partial charge < -0.3 is 9.84 Å². The number of benzene rings is 1. The largest absolute Gasteiger partial charge is 0.496 e. The molecule has 0 bridgehead atoms. The lowest BCUT2D eigenvalue weighted by Crippen LogP contribution is -2.00. The molecule has 0 spiro atoms. The number of aliphatic hydroxyl groups is 1. The molecule has 0 aromatic heterocycles. The third-order valence-corrected chi connectivity index (χ3v) is 2.76. The Kier molecular flexibility index (Phi) is 3.99. The molecule has 1 radical (unpaired) electrons. The Hall–Kier alpha value is -0.290. The summed E-state index contributed by atoms with van der Waals surface area (Å²) in [5.41, 5.74) is 1.000. The van der Waals surface area contributed by atoms with E-state index in [0.717, 1.165) is 14.9 Å². The number of rotatable bonds is 3. The van der Waals surface area contributed by atoms with Crippen molar-refractivity contribution in [3.05, 3.63) is 34.3 Å². The van der Waals surface area contributed by atoms with Crippen molar-refractivity contribution < 1.29 is 9.84 Å². The first-order chi connectivity index (χ1) is 6.19. The summed E-state index contributed by atoms with van der Waals surface area (Å²) in [5, 5.41) is 8.92. The van der Waals surface area contributed by atoms with Gasteiger partial charge in [0.25, 0.3) is 0 Å². The zero-order valence-corrected chi connectivity index (χ0v) is 9.61. The SMILES string of the molecule is [CH2]C(CO)c1ccc(I)c(OC)c1. The van der Waals surface area contributed by atoms with Crippen LogP contribution in [0.4, 0.5) is 0 Å². The first kappa shape index (κ1) is 10.8. The molecule has 71 valence electrons. The highest BCUT2D eigenvalue weighted by molar-refractivity contribution is 14.1. The molecule has 1 unspecified atom stereocenters. The standard InChI is InChI=1S/C10H12IO2/c1-7(6-12)8-3-4-9(11)10(5-8)13-2/h3-5,7,12H,1,6H2,2H3. The van der Waals surface area contributed by atoms with E-state index < -0.39 is 0 Å². The minimum atomic E-state index is -0.0779. The van der Waals surface area contributed by atoms with Crippen molar-refractivity contribution >= 4 is 22.6 Å². The summed E-state index contributed by atoms with van der Waals surface area (Å²) in [6, 6.07) is 5.83. The smallest absolute Gasteiger partial charge is 0.132 e. The molecule has 0 heterocycles. The number of methoxy groups -OCH3 is 1. The van der Waals surface area contributed by atoms with Gasteiger partial charge in [-0.25, -0.2) is 0 Å². The summed E-state index contributed by atoms with van der Waals surface area (Å²) < 4.78 is 6.23. The van der Waals surface area contributed by atoms with Crippen LogP contribution in [0.25, 0.3) is 0 Å². The number of aliphatic hydroxyl groups excluding tert-OH is 1. The molecule has 1 aromatic rings. The van der Waals surface area contributed by atoms with Gasteiger partial charge >= 0.3 is 0 Å². The molecular weight excluding hydrogens is 279 g/mol. The Labute approximate surface area is 92.1 Å². The molecule has 3 heteroatoms. The second-order valence-corrected chi connectivity index (χ2v) is 3.94. The molecule has 13 heavy (non-hydrogen) atoms. The van der Waals surface area contributed by atoms with Gasteiger partial charge in [0.05, 0.1) is 10.7 Å². The zero-order valence-electron chi connectivity index (χ0n) is 7.46.